The summed E-state index contributed by atoms with van der Waals surface area (Å²) in [7, 11) is 8.06. The van der Waals surface area contributed by atoms with E-state index in [1.165, 1.54) is 0 Å². The van der Waals surface area contributed by atoms with Crippen molar-refractivity contribution in [3.63, 3.8) is 0 Å². The van der Waals surface area contributed by atoms with Crippen LogP contribution in [0.25, 0.3) is 0 Å². The summed E-state index contributed by atoms with van der Waals surface area (Å²) < 4.78 is 17.0. The van der Waals surface area contributed by atoms with Crippen LogP contribution in [0.5, 0.6) is 0 Å². The standard InChI is InChI=1S/C15H19N3O2.ClH.Rh/c1-15(2)19-9-13(18-10-16-17(3)11-18)14(20-15)12-7-5-4-6-8-12;;/h4-8,10,13-14H,9H2,1-3H3;1H;/q;;+1/p-1/t13-,14-;;/m0../s1. The zero-order valence-electron chi connectivity index (χ0n) is 12.7. The fourth-order valence-electron chi connectivity index (χ4n) is 2.63. The number of ether oxygens (including phenoxy) is 2. The molecule has 1 aromatic heterocycles. The molecule has 0 aliphatic carbocycles. The third kappa shape index (κ3) is 3.11. The van der Waals surface area contributed by atoms with Crippen LogP contribution in [-0.2, 0) is 32.2 Å². The Morgan fingerprint density at radius 1 is 1.32 bits per heavy atom. The van der Waals surface area contributed by atoms with Gasteiger partial charge in [0.15, 0.2) is 0 Å². The Labute approximate surface area is 141 Å². The first-order chi connectivity index (χ1) is 10.5. The van der Waals surface area contributed by atoms with E-state index >= 15 is 0 Å². The first-order valence-corrected chi connectivity index (χ1v) is 9.96. The second-order valence-electron chi connectivity index (χ2n) is 5.70. The maximum atomic E-state index is 6.22. The predicted molar refractivity (Wildman–Crippen MR) is 79.6 cm³/mol. The van der Waals surface area contributed by atoms with Crippen LogP contribution in [0.1, 0.15) is 31.6 Å². The van der Waals surface area contributed by atoms with Gasteiger partial charge < -0.3 is 0 Å². The summed E-state index contributed by atoms with van der Waals surface area (Å²) in [4.78, 5) is 0. The van der Waals surface area contributed by atoms with Crippen LogP contribution < -0.4 is 0 Å². The number of rotatable bonds is 2. The molecule has 3 rings (SSSR count). The van der Waals surface area contributed by atoms with Crippen molar-refractivity contribution in [1.29, 1.82) is 0 Å². The van der Waals surface area contributed by atoms with E-state index in [9.17, 15) is 0 Å². The van der Waals surface area contributed by atoms with E-state index in [2.05, 4.69) is 21.8 Å². The van der Waals surface area contributed by atoms with Crippen molar-refractivity contribution in [2.45, 2.75) is 31.8 Å². The molecule has 22 heavy (non-hydrogen) atoms. The molecule has 1 saturated heterocycles. The molecule has 122 valence electrons. The number of aryl methyl sites for hydroxylation is 1. The van der Waals surface area contributed by atoms with Gasteiger partial charge in [0.2, 0.25) is 0 Å². The molecular weight excluding hydrogens is 393 g/mol. The Hall–Kier alpha value is -0.807. The zero-order chi connectivity index (χ0) is 15.7. The van der Waals surface area contributed by atoms with Crippen LogP contribution in [0.4, 0.5) is 0 Å². The molecule has 0 bridgehead atoms. The third-order valence-corrected chi connectivity index (χ3v) is 5.60. The molecule has 1 fully saturated rings. The number of hydrogen-bond donors (Lipinski definition) is 0. The fourth-order valence-corrected chi connectivity index (χ4v) is 4.32. The molecule has 2 heterocycles. The van der Waals surface area contributed by atoms with Gasteiger partial charge in [-0.25, -0.2) is 0 Å². The van der Waals surface area contributed by atoms with Crippen molar-refractivity contribution in [3.05, 3.63) is 46.2 Å². The summed E-state index contributed by atoms with van der Waals surface area (Å²) in [5.41, 5.74) is 1.13. The molecular formula is C15H19ClN3O2Rh. The summed E-state index contributed by atoms with van der Waals surface area (Å²) >= 11 is -0.249. The van der Waals surface area contributed by atoms with E-state index in [0.717, 1.165) is 9.58 Å². The molecule has 5 nitrogen and oxygen atoms in total. The van der Waals surface area contributed by atoms with Crippen LogP contribution >= 0.6 is 9.69 Å². The summed E-state index contributed by atoms with van der Waals surface area (Å²) in [6, 6.07) is 10.2. The Morgan fingerprint density at radius 3 is 2.73 bits per heavy atom. The van der Waals surface area contributed by atoms with Crippen molar-refractivity contribution in [3.8, 4) is 0 Å². The van der Waals surface area contributed by atoms with E-state index < -0.39 is 5.79 Å². The van der Waals surface area contributed by atoms with Crippen molar-refractivity contribution in [1.82, 2.24) is 14.3 Å². The van der Waals surface area contributed by atoms with E-state index in [0.29, 0.717) is 6.61 Å². The minimum atomic E-state index is -0.604. The van der Waals surface area contributed by atoms with E-state index in [1.54, 1.807) is 0 Å². The monoisotopic (exact) mass is 411 g/mol. The van der Waals surface area contributed by atoms with Gasteiger partial charge in [-0.2, -0.15) is 0 Å². The van der Waals surface area contributed by atoms with Crippen LogP contribution in [0.2, 0.25) is 0 Å². The van der Waals surface area contributed by atoms with Crippen molar-refractivity contribution >= 4 is 9.69 Å². The Kier molecular flexibility index (Phi) is 4.65. The second-order valence-corrected chi connectivity index (χ2v) is 7.49. The van der Waals surface area contributed by atoms with Crippen LogP contribution in [-0.4, -0.2) is 26.7 Å². The molecule has 7 heteroatoms. The molecule has 1 aliphatic rings. The minimum absolute atomic E-state index is 0.0155. The molecule has 2 aromatic rings. The first-order valence-electron chi connectivity index (χ1n) is 7.04. The Bertz CT molecular complexity index is 711. The quantitative estimate of drug-likeness (QED) is 0.713. The average Bonchev–Trinajstić information content (AvgIpc) is 2.88. The molecule has 1 aliphatic heterocycles. The van der Waals surface area contributed by atoms with Gasteiger partial charge in [0, 0.05) is 0 Å². The van der Waals surface area contributed by atoms with Crippen LogP contribution in [0, 0.1) is 4.01 Å². The van der Waals surface area contributed by atoms with Gasteiger partial charge in [0.1, 0.15) is 0 Å². The number of aromatic nitrogens is 3. The molecule has 0 unspecified atom stereocenters. The predicted octanol–water partition coefficient (Wildman–Crippen LogP) is 3.06. The average molecular weight is 412 g/mol. The Morgan fingerprint density at radius 2 is 2.05 bits per heavy atom. The van der Waals surface area contributed by atoms with Crippen molar-refractivity contribution in [2.75, 3.05) is 6.61 Å². The summed E-state index contributed by atoms with van der Waals surface area (Å²) in [6.07, 6.45) is 1.71. The molecule has 0 spiro atoms. The fraction of sp³-hybridized carbons (Fsp3) is 0.467. The van der Waals surface area contributed by atoms with Crippen LogP contribution in [0.3, 0.4) is 0 Å². The topological polar surface area (TPSA) is 41.2 Å². The van der Waals surface area contributed by atoms with E-state index in [4.69, 9.17) is 19.2 Å². The van der Waals surface area contributed by atoms with Gasteiger partial charge in [-0.3, -0.25) is 0 Å². The number of benzene rings is 1. The molecule has 1 aromatic carbocycles. The van der Waals surface area contributed by atoms with E-state index in [-0.39, 0.29) is 27.8 Å². The van der Waals surface area contributed by atoms with Crippen molar-refractivity contribution < 1.29 is 25.2 Å². The Balaban J connectivity index is 2.05. The second kappa shape index (κ2) is 6.36. The molecule has 2 atom stereocenters. The van der Waals surface area contributed by atoms with Gasteiger partial charge in [0.25, 0.3) is 0 Å². The number of nitrogens with zero attached hydrogens (tertiary/aromatic N) is 3. The number of halogens is 1. The molecule has 0 N–H and O–H groups in total. The molecule has 0 amide bonds. The van der Waals surface area contributed by atoms with Gasteiger partial charge in [-0.15, -0.1) is 0 Å². The van der Waals surface area contributed by atoms with Gasteiger partial charge >= 0.3 is 141 Å². The van der Waals surface area contributed by atoms with Crippen molar-refractivity contribution in [2.24, 2.45) is 7.05 Å². The maximum absolute atomic E-state index is 6.22. The van der Waals surface area contributed by atoms with Gasteiger partial charge in [0.05, 0.1) is 0 Å². The van der Waals surface area contributed by atoms with Gasteiger partial charge in [-0.1, -0.05) is 0 Å². The van der Waals surface area contributed by atoms with Gasteiger partial charge in [-0.05, 0) is 0 Å². The summed E-state index contributed by atoms with van der Waals surface area (Å²) in [5.74, 6) is -0.604. The SMILES string of the molecule is Cn1ncn([C@H]2COC(C)(C)O[C@H]2c2ccccc2)[c]1=[Rh][Cl]. The molecule has 0 radical (unpaired) electrons. The van der Waals surface area contributed by atoms with Crippen LogP contribution in [0.15, 0.2) is 36.7 Å². The molecule has 0 saturated carbocycles. The first kappa shape index (κ1) is 16.1. The number of hydrogen-bond acceptors (Lipinski definition) is 3. The normalized spacial score (nSPS) is 26.1. The third-order valence-electron chi connectivity index (χ3n) is 3.71. The summed E-state index contributed by atoms with van der Waals surface area (Å²) in [6.45, 7) is 4.45. The zero-order valence-corrected chi connectivity index (χ0v) is 15.1. The van der Waals surface area contributed by atoms with E-state index in [1.807, 2.05) is 50.1 Å². The summed E-state index contributed by atoms with van der Waals surface area (Å²) in [5, 5.41) is 4.33.